The van der Waals surface area contributed by atoms with Gasteiger partial charge >= 0.3 is 0 Å². The molecule has 0 aliphatic heterocycles. The summed E-state index contributed by atoms with van der Waals surface area (Å²) in [5.74, 6) is -0.676. The first kappa shape index (κ1) is 17.7. The lowest BCUT2D eigenvalue weighted by molar-refractivity contribution is -0.130. The van der Waals surface area contributed by atoms with Crippen LogP contribution in [0.3, 0.4) is 0 Å². The molecule has 0 heterocycles. The van der Waals surface area contributed by atoms with Crippen LogP contribution in [0.1, 0.15) is 24.5 Å². The number of carbonyl (C=O) groups excluding carboxylic acids is 2. The van der Waals surface area contributed by atoms with Crippen LogP contribution < -0.4 is 5.32 Å². The van der Waals surface area contributed by atoms with Crippen molar-refractivity contribution < 1.29 is 14.0 Å². The number of hydrogen-bond donors (Lipinski definition) is 1. The van der Waals surface area contributed by atoms with Gasteiger partial charge in [0.25, 0.3) is 0 Å². The van der Waals surface area contributed by atoms with E-state index in [9.17, 15) is 14.0 Å². The van der Waals surface area contributed by atoms with Gasteiger partial charge in [0.15, 0.2) is 0 Å². The second kappa shape index (κ2) is 8.82. The normalized spacial score (nSPS) is 10.2. The van der Waals surface area contributed by atoms with E-state index in [1.54, 1.807) is 18.2 Å². The van der Waals surface area contributed by atoms with Crippen molar-refractivity contribution in [3.63, 3.8) is 0 Å². The van der Waals surface area contributed by atoms with E-state index >= 15 is 0 Å². The number of amides is 2. The van der Waals surface area contributed by atoms with Crippen LogP contribution >= 0.6 is 0 Å². The standard InChI is InChI=1S/C19H21FN2O2/c1-15(23)22(14-17-9-5-6-10-18(17)20)12-11-19(24)21-13-16-7-3-2-4-8-16/h2-10H,11-14H2,1H3,(H,21,24). The van der Waals surface area contributed by atoms with Crippen molar-refractivity contribution in [3.05, 3.63) is 71.5 Å². The van der Waals surface area contributed by atoms with Crippen molar-refractivity contribution in [2.24, 2.45) is 0 Å². The SMILES string of the molecule is CC(=O)N(CCC(=O)NCc1ccccc1)Cc1ccccc1F. The van der Waals surface area contributed by atoms with E-state index in [1.807, 2.05) is 30.3 Å². The lowest BCUT2D eigenvalue weighted by Gasteiger charge is -2.21. The molecule has 0 saturated heterocycles. The van der Waals surface area contributed by atoms with E-state index in [4.69, 9.17) is 0 Å². The van der Waals surface area contributed by atoms with Gasteiger partial charge in [-0.05, 0) is 11.6 Å². The molecule has 0 unspecified atom stereocenters. The lowest BCUT2D eigenvalue weighted by Crippen LogP contribution is -2.33. The summed E-state index contributed by atoms with van der Waals surface area (Å²) >= 11 is 0. The zero-order valence-electron chi connectivity index (χ0n) is 13.7. The van der Waals surface area contributed by atoms with Gasteiger partial charge in [0, 0.05) is 38.5 Å². The highest BCUT2D eigenvalue weighted by molar-refractivity contribution is 5.78. The van der Waals surface area contributed by atoms with Gasteiger partial charge in [-0.2, -0.15) is 0 Å². The molecule has 0 spiro atoms. The quantitative estimate of drug-likeness (QED) is 0.850. The predicted octanol–water partition coefficient (Wildman–Crippen LogP) is 2.88. The summed E-state index contributed by atoms with van der Waals surface area (Å²) in [4.78, 5) is 25.1. The van der Waals surface area contributed by atoms with Crippen LogP contribution in [0.2, 0.25) is 0 Å². The molecule has 0 atom stereocenters. The molecule has 4 nitrogen and oxygen atoms in total. The average Bonchev–Trinajstić information content (AvgIpc) is 2.59. The van der Waals surface area contributed by atoms with Gasteiger partial charge in [0.2, 0.25) is 11.8 Å². The van der Waals surface area contributed by atoms with E-state index in [0.29, 0.717) is 12.1 Å². The van der Waals surface area contributed by atoms with Gasteiger partial charge in [0.1, 0.15) is 5.82 Å². The molecular formula is C19H21FN2O2. The Labute approximate surface area is 141 Å². The Bertz CT molecular complexity index is 689. The smallest absolute Gasteiger partial charge is 0.222 e. The fraction of sp³-hybridized carbons (Fsp3) is 0.263. The minimum Gasteiger partial charge on any atom is -0.352 e. The van der Waals surface area contributed by atoms with Crippen molar-refractivity contribution in [2.45, 2.75) is 26.4 Å². The Balaban J connectivity index is 1.84. The van der Waals surface area contributed by atoms with Crippen molar-refractivity contribution in [1.29, 1.82) is 0 Å². The summed E-state index contributed by atoms with van der Waals surface area (Å²) < 4.78 is 13.7. The molecule has 5 heteroatoms. The van der Waals surface area contributed by atoms with E-state index < -0.39 is 0 Å². The Morgan fingerprint density at radius 1 is 1.04 bits per heavy atom. The third-order valence-corrected chi connectivity index (χ3v) is 3.71. The molecule has 0 fully saturated rings. The second-order valence-electron chi connectivity index (χ2n) is 5.54. The van der Waals surface area contributed by atoms with Crippen LogP contribution in [0.25, 0.3) is 0 Å². The minimum absolute atomic E-state index is 0.140. The van der Waals surface area contributed by atoms with E-state index in [1.165, 1.54) is 17.9 Å². The van der Waals surface area contributed by atoms with Gasteiger partial charge in [-0.3, -0.25) is 9.59 Å². The Morgan fingerprint density at radius 3 is 2.38 bits per heavy atom. The molecule has 2 amide bonds. The number of carbonyl (C=O) groups is 2. The first-order valence-corrected chi connectivity index (χ1v) is 7.86. The largest absolute Gasteiger partial charge is 0.352 e. The number of hydrogen-bond acceptors (Lipinski definition) is 2. The zero-order chi connectivity index (χ0) is 17.4. The van der Waals surface area contributed by atoms with Gasteiger partial charge in [-0.1, -0.05) is 48.5 Å². The predicted molar refractivity (Wildman–Crippen MR) is 90.4 cm³/mol. The molecule has 24 heavy (non-hydrogen) atoms. The van der Waals surface area contributed by atoms with Crippen molar-refractivity contribution >= 4 is 11.8 Å². The molecule has 2 aromatic rings. The van der Waals surface area contributed by atoms with Crippen LogP contribution in [-0.2, 0) is 22.7 Å². The van der Waals surface area contributed by atoms with Crippen molar-refractivity contribution in [1.82, 2.24) is 10.2 Å². The van der Waals surface area contributed by atoms with E-state index in [0.717, 1.165) is 5.56 Å². The van der Waals surface area contributed by atoms with Crippen LogP contribution in [-0.4, -0.2) is 23.3 Å². The summed E-state index contributed by atoms with van der Waals surface area (Å²) in [7, 11) is 0. The number of halogens is 1. The van der Waals surface area contributed by atoms with Crippen molar-refractivity contribution in [2.75, 3.05) is 6.54 Å². The summed E-state index contributed by atoms with van der Waals surface area (Å²) in [5.41, 5.74) is 1.46. The number of nitrogens with one attached hydrogen (secondary N) is 1. The second-order valence-corrected chi connectivity index (χ2v) is 5.54. The van der Waals surface area contributed by atoms with Crippen LogP contribution in [0, 0.1) is 5.82 Å². The molecule has 2 aromatic carbocycles. The highest BCUT2D eigenvalue weighted by Crippen LogP contribution is 2.10. The highest BCUT2D eigenvalue weighted by Gasteiger charge is 2.13. The maximum atomic E-state index is 13.7. The topological polar surface area (TPSA) is 49.4 Å². The van der Waals surface area contributed by atoms with Gasteiger partial charge in [-0.15, -0.1) is 0 Å². The number of nitrogens with zero attached hydrogens (tertiary/aromatic N) is 1. The molecule has 0 radical (unpaired) electrons. The van der Waals surface area contributed by atoms with E-state index in [-0.39, 0.29) is 37.1 Å². The third-order valence-electron chi connectivity index (χ3n) is 3.71. The van der Waals surface area contributed by atoms with Crippen molar-refractivity contribution in [3.8, 4) is 0 Å². The molecule has 0 aliphatic carbocycles. The van der Waals surface area contributed by atoms with Gasteiger partial charge in [-0.25, -0.2) is 4.39 Å². The molecule has 0 aliphatic rings. The highest BCUT2D eigenvalue weighted by atomic mass is 19.1. The Kier molecular flexibility index (Phi) is 6.49. The molecular weight excluding hydrogens is 307 g/mol. The van der Waals surface area contributed by atoms with Gasteiger partial charge in [0.05, 0.1) is 0 Å². The first-order chi connectivity index (χ1) is 11.6. The minimum atomic E-state index is -0.350. The molecule has 1 N–H and O–H groups in total. The average molecular weight is 328 g/mol. The van der Waals surface area contributed by atoms with E-state index in [2.05, 4.69) is 5.32 Å². The summed E-state index contributed by atoms with van der Waals surface area (Å²) in [5, 5.41) is 2.82. The third kappa shape index (κ3) is 5.50. The zero-order valence-corrected chi connectivity index (χ0v) is 13.7. The fourth-order valence-electron chi connectivity index (χ4n) is 2.30. The molecule has 0 aromatic heterocycles. The first-order valence-electron chi connectivity index (χ1n) is 7.86. The van der Waals surface area contributed by atoms with Crippen LogP contribution in [0.15, 0.2) is 54.6 Å². The number of benzene rings is 2. The van der Waals surface area contributed by atoms with Gasteiger partial charge < -0.3 is 10.2 Å². The Morgan fingerprint density at radius 2 is 1.71 bits per heavy atom. The Hall–Kier alpha value is -2.69. The monoisotopic (exact) mass is 328 g/mol. The summed E-state index contributed by atoms with van der Waals surface area (Å²) in [6.45, 7) is 2.29. The molecule has 0 saturated carbocycles. The lowest BCUT2D eigenvalue weighted by atomic mass is 10.2. The molecule has 0 bridgehead atoms. The summed E-state index contributed by atoms with van der Waals surface area (Å²) in [6.07, 6.45) is 0.181. The van der Waals surface area contributed by atoms with Crippen LogP contribution in [0.4, 0.5) is 4.39 Å². The maximum Gasteiger partial charge on any atom is 0.222 e. The van der Waals surface area contributed by atoms with Crippen LogP contribution in [0.5, 0.6) is 0 Å². The number of rotatable bonds is 7. The fourth-order valence-corrected chi connectivity index (χ4v) is 2.30. The molecule has 126 valence electrons. The molecule has 2 rings (SSSR count). The summed E-state index contributed by atoms with van der Waals surface area (Å²) in [6, 6.07) is 15.9. The maximum absolute atomic E-state index is 13.7.